The summed E-state index contributed by atoms with van der Waals surface area (Å²) in [4.78, 5) is 23.3. The van der Waals surface area contributed by atoms with E-state index in [-0.39, 0.29) is 5.75 Å². The maximum atomic E-state index is 12.0. The molecule has 1 amide bonds. The van der Waals surface area contributed by atoms with Gasteiger partial charge < -0.3 is 15.5 Å². The fraction of sp³-hybridized carbons (Fsp3) is 0.385. The fourth-order valence-corrected chi connectivity index (χ4v) is 2.08. The highest BCUT2D eigenvalue weighted by Crippen LogP contribution is 2.16. The van der Waals surface area contributed by atoms with Gasteiger partial charge in [0.15, 0.2) is 0 Å². The van der Waals surface area contributed by atoms with Gasteiger partial charge in [-0.15, -0.1) is 0 Å². The lowest BCUT2D eigenvalue weighted by Gasteiger charge is -2.26. The SMILES string of the molecule is CSCCC(C)(NC(=O)c1ccc(O)cc1)C(=O)O. The zero-order chi connectivity index (χ0) is 14.5. The number of carbonyl (C=O) groups excluding carboxylic acids is 1. The molecule has 0 radical (unpaired) electrons. The Kier molecular flexibility index (Phi) is 5.23. The van der Waals surface area contributed by atoms with Crippen LogP contribution in [0.4, 0.5) is 0 Å². The molecule has 3 N–H and O–H groups in total. The van der Waals surface area contributed by atoms with E-state index in [9.17, 15) is 14.7 Å². The van der Waals surface area contributed by atoms with E-state index in [0.717, 1.165) is 0 Å². The number of aliphatic carboxylic acids is 1. The van der Waals surface area contributed by atoms with Crippen LogP contribution in [0, 0.1) is 0 Å². The lowest BCUT2D eigenvalue weighted by molar-refractivity contribution is -0.143. The smallest absolute Gasteiger partial charge is 0.329 e. The van der Waals surface area contributed by atoms with Gasteiger partial charge in [0.2, 0.25) is 0 Å². The Morgan fingerprint density at radius 3 is 2.37 bits per heavy atom. The quantitative estimate of drug-likeness (QED) is 0.740. The van der Waals surface area contributed by atoms with Gasteiger partial charge in [-0.2, -0.15) is 11.8 Å². The van der Waals surface area contributed by atoms with Gasteiger partial charge in [0.1, 0.15) is 11.3 Å². The second kappa shape index (κ2) is 6.47. The van der Waals surface area contributed by atoms with Crippen LogP contribution in [-0.2, 0) is 4.79 Å². The molecular formula is C13H17NO4S. The third-order valence-electron chi connectivity index (χ3n) is 2.80. The number of hydrogen-bond donors (Lipinski definition) is 3. The van der Waals surface area contributed by atoms with Crippen molar-refractivity contribution in [1.29, 1.82) is 0 Å². The molecule has 0 saturated carbocycles. The number of phenolic OH excluding ortho intramolecular Hbond substituents is 1. The first-order valence-electron chi connectivity index (χ1n) is 5.73. The Hall–Kier alpha value is -1.69. The van der Waals surface area contributed by atoms with E-state index in [1.807, 2.05) is 6.26 Å². The summed E-state index contributed by atoms with van der Waals surface area (Å²) < 4.78 is 0. The summed E-state index contributed by atoms with van der Waals surface area (Å²) in [7, 11) is 0. The van der Waals surface area contributed by atoms with Crippen LogP contribution in [0.5, 0.6) is 5.75 Å². The first-order chi connectivity index (χ1) is 8.89. The third kappa shape index (κ3) is 4.17. The Morgan fingerprint density at radius 2 is 1.89 bits per heavy atom. The first-order valence-corrected chi connectivity index (χ1v) is 7.12. The topological polar surface area (TPSA) is 86.6 Å². The minimum Gasteiger partial charge on any atom is -0.508 e. The van der Waals surface area contributed by atoms with E-state index in [0.29, 0.717) is 17.7 Å². The normalized spacial score (nSPS) is 13.6. The monoisotopic (exact) mass is 283 g/mol. The summed E-state index contributed by atoms with van der Waals surface area (Å²) in [5.74, 6) is -0.835. The van der Waals surface area contributed by atoms with E-state index < -0.39 is 17.4 Å². The molecule has 1 aromatic rings. The van der Waals surface area contributed by atoms with Crippen molar-refractivity contribution in [2.75, 3.05) is 12.0 Å². The summed E-state index contributed by atoms with van der Waals surface area (Å²) in [6.45, 7) is 1.49. The number of nitrogens with one attached hydrogen (secondary N) is 1. The van der Waals surface area contributed by atoms with E-state index >= 15 is 0 Å². The van der Waals surface area contributed by atoms with Crippen molar-refractivity contribution < 1.29 is 19.8 Å². The average Bonchev–Trinajstić information content (AvgIpc) is 2.36. The standard InChI is InChI=1S/C13H17NO4S/c1-13(12(17)18,7-8-19-2)14-11(16)9-3-5-10(15)6-4-9/h3-6,15H,7-8H2,1-2H3,(H,14,16)(H,17,18). The molecule has 5 nitrogen and oxygen atoms in total. The molecular weight excluding hydrogens is 266 g/mol. The van der Waals surface area contributed by atoms with Crippen LogP contribution >= 0.6 is 11.8 Å². The zero-order valence-electron chi connectivity index (χ0n) is 10.8. The van der Waals surface area contributed by atoms with Crippen LogP contribution in [0.1, 0.15) is 23.7 Å². The van der Waals surface area contributed by atoms with Gasteiger partial charge in [-0.05, 0) is 49.6 Å². The van der Waals surface area contributed by atoms with Gasteiger partial charge in [0.25, 0.3) is 5.91 Å². The summed E-state index contributed by atoms with van der Waals surface area (Å²) in [6, 6.07) is 5.66. The van der Waals surface area contributed by atoms with Crippen LogP contribution in [-0.4, -0.2) is 39.6 Å². The molecule has 0 heterocycles. The van der Waals surface area contributed by atoms with Crippen molar-refractivity contribution in [2.45, 2.75) is 18.9 Å². The Morgan fingerprint density at radius 1 is 1.32 bits per heavy atom. The van der Waals surface area contributed by atoms with E-state index in [2.05, 4.69) is 5.32 Å². The number of carboxylic acids is 1. The lowest BCUT2D eigenvalue weighted by atomic mass is 9.98. The molecule has 0 saturated heterocycles. The molecule has 0 aliphatic rings. The Bertz CT molecular complexity index is 460. The van der Waals surface area contributed by atoms with E-state index in [4.69, 9.17) is 5.11 Å². The maximum absolute atomic E-state index is 12.0. The number of benzene rings is 1. The second-order valence-corrected chi connectivity index (χ2v) is 5.37. The third-order valence-corrected chi connectivity index (χ3v) is 3.41. The van der Waals surface area contributed by atoms with Crippen LogP contribution in [0.25, 0.3) is 0 Å². The number of hydrogen-bond acceptors (Lipinski definition) is 4. The molecule has 0 fully saturated rings. The van der Waals surface area contributed by atoms with Gasteiger partial charge in [0, 0.05) is 5.56 Å². The zero-order valence-corrected chi connectivity index (χ0v) is 11.7. The van der Waals surface area contributed by atoms with Crippen molar-refractivity contribution >= 4 is 23.6 Å². The number of amides is 1. The highest BCUT2D eigenvalue weighted by Gasteiger charge is 2.34. The largest absolute Gasteiger partial charge is 0.508 e. The molecule has 0 aromatic heterocycles. The predicted molar refractivity (Wildman–Crippen MR) is 74.6 cm³/mol. The van der Waals surface area contributed by atoms with Gasteiger partial charge in [0.05, 0.1) is 0 Å². The molecule has 104 valence electrons. The summed E-state index contributed by atoms with van der Waals surface area (Å²) >= 11 is 1.52. The first kappa shape index (κ1) is 15.4. The summed E-state index contributed by atoms with van der Waals surface area (Å²) in [6.07, 6.45) is 2.22. The van der Waals surface area contributed by atoms with E-state index in [1.54, 1.807) is 0 Å². The number of carboxylic acid groups (broad SMARTS) is 1. The maximum Gasteiger partial charge on any atom is 0.329 e. The molecule has 0 bridgehead atoms. The highest BCUT2D eigenvalue weighted by molar-refractivity contribution is 7.98. The Balaban J connectivity index is 2.82. The van der Waals surface area contributed by atoms with Crippen molar-refractivity contribution in [3.05, 3.63) is 29.8 Å². The highest BCUT2D eigenvalue weighted by atomic mass is 32.2. The van der Waals surface area contributed by atoms with Crippen LogP contribution in [0.3, 0.4) is 0 Å². The van der Waals surface area contributed by atoms with Gasteiger partial charge in [-0.3, -0.25) is 4.79 Å². The fourth-order valence-electron chi connectivity index (χ4n) is 1.46. The molecule has 0 aliphatic carbocycles. The van der Waals surface area contributed by atoms with Crippen molar-refractivity contribution in [2.24, 2.45) is 0 Å². The molecule has 6 heteroatoms. The van der Waals surface area contributed by atoms with Gasteiger partial charge in [-0.25, -0.2) is 4.79 Å². The van der Waals surface area contributed by atoms with Gasteiger partial charge in [-0.1, -0.05) is 0 Å². The molecule has 1 rings (SSSR count). The predicted octanol–water partition coefficient (Wildman–Crippen LogP) is 1.72. The van der Waals surface area contributed by atoms with Crippen LogP contribution in [0.15, 0.2) is 24.3 Å². The molecule has 1 atom stereocenters. The van der Waals surface area contributed by atoms with Gasteiger partial charge >= 0.3 is 5.97 Å². The number of rotatable bonds is 6. The average molecular weight is 283 g/mol. The number of carbonyl (C=O) groups is 2. The minimum absolute atomic E-state index is 0.0555. The molecule has 1 unspecified atom stereocenters. The molecule has 0 spiro atoms. The van der Waals surface area contributed by atoms with Crippen molar-refractivity contribution in [3.63, 3.8) is 0 Å². The number of aromatic hydroxyl groups is 1. The Labute approximate surface area is 116 Å². The van der Waals surface area contributed by atoms with Crippen LogP contribution < -0.4 is 5.32 Å². The van der Waals surface area contributed by atoms with E-state index in [1.165, 1.54) is 43.0 Å². The summed E-state index contributed by atoms with van der Waals surface area (Å²) in [5, 5.41) is 20.9. The number of phenols is 1. The number of thioether (sulfide) groups is 1. The second-order valence-electron chi connectivity index (χ2n) is 4.38. The molecule has 1 aromatic carbocycles. The molecule has 0 aliphatic heterocycles. The van der Waals surface area contributed by atoms with Crippen molar-refractivity contribution in [1.82, 2.24) is 5.32 Å². The van der Waals surface area contributed by atoms with Crippen LogP contribution in [0.2, 0.25) is 0 Å². The molecule has 19 heavy (non-hydrogen) atoms. The summed E-state index contributed by atoms with van der Waals surface area (Å²) in [5.41, 5.74) is -0.979. The lowest BCUT2D eigenvalue weighted by Crippen LogP contribution is -2.52. The minimum atomic E-state index is -1.29. The van der Waals surface area contributed by atoms with Crippen molar-refractivity contribution in [3.8, 4) is 5.75 Å².